The molecule has 0 bridgehead atoms. The Hall–Kier alpha value is -3.66. The van der Waals surface area contributed by atoms with E-state index in [9.17, 15) is 9.90 Å². The Bertz CT molecular complexity index is 987. The van der Waals surface area contributed by atoms with Crippen LogP contribution in [0.1, 0.15) is 23.8 Å². The predicted octanol–water partition coefficient (Wildman–Crippen LogP) is 2.83. The number of aromatic nitrogens is 2. The number of carbonyl (C=O) groups excluding carboxylic acids is 1. The van der Waals surface area contributed by atoms with Crippen molar-refractivity contribution in [2.45, 2.75) is 12.3 Å². The molecule has 1 saturated heterocycles. The highest BCUT2D eigenvalue weighted by Crippen LogP contribution is 2.32. The first kappa shape index (κ1) is 15.8. The molecule has 1 N–H and O–H groups in total. The standard InChI is InChI=1S/C19H14N4O3/c20-10-12-1-5-15(6-2-12)23-11-14(9-17(23)25)19-21-18(22-26-19)13-3-7-16(24)8-4-13/h1-8,14,24H,9,11H2. The summed E-state index contributed by atoms with van der Waals surface area (Å²) in [6, 6.07) is 15.5. The number of hydrogen-bond acceptors (Lipinski definition) is 6. The molecule has 0 saturated carbocycles. The largest absolute Gasteiger partial charge is 0.508 e. The van der Waals surface area contributed by atoms with Gasteiger partial charge in [0.1, 0.15) is 5.75 Å². The molecule has 0 spiro atoms. The maximum Gasteiger partial charge on any atom is 0.232 e. The third-order valence-corrected chi connectivity index (χ3v) is 4.35. The molecule has 1 amide bonds. The van der Waals surface area contributed by atoms with Crippen LogP contribution in [0.5, 0.6) is 5.75 Å². The summed E-state index contributed by atoms with van der Waals surface area (Å²) < 4.78 is 5.36. The lowest BCUT2D eigenvalue weighted by Gasteiger charge is -2.15. The Morgan fingerprint density at radius 2 is 1.88 bits per heavy atom. The van der Waals surface area contributed by atoms with Gasteiger partial charge in [-0.15, -0.1) is 0 Å². The van der Waals surface area contributed by atoms with Crippen LogP contribution in [0.15, 0.2) is 53.1 Å². The summed E-state index contributed by atoms with van der Waals surface area (Å²) in [5.74, 6) is 0.791. The van der Waals surface area contributed by atoms with E-state index in [0.29, 0.717) is 23.8 Å². The molecule has 3 aromatic rings. The number of phenolic OH excluding ortho intramolecular Hbond substituents is 1. The van der Waals surface area contributed by atoms with E-state index >= 15 is 0 Å². The third-order valence-electron chi connectivity index (χ3n) is 4.35. The van der Waals surface area contributed by atoms with E-state index in [0.717, 1.165) is 11.3 Å². The topological polar surface area (TPSA) is 103 Å². The van der Waals surface area contributed by atoms with Gasteiger partial charge in [0.25, 0.3) is 0 Å². The van der Waals surface area contributed by atoms with Crippen LogP contribution in [0.3, 0.4) is 0 Å². The van der Waals surface area contributed by atoms with Gasteiger partial charge in [0.15, 0.2) is 0 Å². The van der Waals surface area contributed by atoms with E-state index in [4.69, 9.17) is 9.78 Å². The van der Waals surface area contributed by atoms with E-state index in [-0.39, 0.29) is 24.0 Å². The van der Waals surface area contributed by atoms with Crippen molar-refractivity contribution < 1.29 is 14.4 Å². The zero-order chi connectivity index (χ0) is 18.1. The number of carbonyl (C=O) groups is 1. The van der Waals surface area contributed by atoms with Gasteiger partial charge in [0.2, 0.25) is 17.6 Å². The number of anilines is 1. The third kappa shape index (κ3) is 2.89. The van der Waals surface area contributed by atoms with Gasteiger partial charge in [-0.25, -0.2) is 0 Å². The molecule has 1 unspecified atom stereocenters. The molecule has 2 heterocycles. The molecule has 128 valence electrons. The maximum absolute atomic E-state index is 12.4. The number of benzene rings is 2. The number of amides is 1. The summed E-state index contributed by atoms with van der Waals surface area (Å²) in [4.78, 5) is 18.4. The normalized spacial score (nSPS) is 16.7. The average Bonchev–Trinajstić information content (AvgIpc) is 3.29. The number of aromatic hydroxyl groups is 1. The first-order valence-electron chi connectivity index (χ1n) is 8.07. The molecule has 26 heavy (non-hydrogen) atoms. The van der Waals surface area contributed by atoms with Crippen LogP contribution in [0.4, 0.5) is 5.69 Å². The number of rotatable bonds is 3. The van der Waals surface area contributed by atoms with E-state index in [1.165, 1.54) is 0 Å². The van der Waals surface area contributed by atoms with E-state index < -0.39 is 0 Å². The fourth-order valence-corrected chi connectivity index (χ4v) is 2.97. The highest BCUT2D eigenvalue weighted by atomic mass is 16.5. The van der Waals surface area contributed by atoms with Gasteiger partial charge in [-0.1, -0.05) is 5.16 Å². The Kier molecular flexibility index (Phi) is 3.86. The lowest BCUT2D eigenvalue weighted by molar-refractivity contribution is -0.117. The lowest BCUT2D eigenvalue weighted by atomic mass is 10.1. The maximum atomic E-state index is 12.4. The zero-order valence-electron chi connectivity index (χ0n) is 13.7. The van der Waals surface area contributed by atoms with Crippen molar-refractivity contribution in [1.82, 2.24) is 10.1 Å². The minimum atomic E-state index is -0.184. The monoisotopic (exact) mass is 346 g/mol. The van der Waals surface area contributed by atoms with E-state index in [1.807, 2.05) is 0 Å². The summed E-state index contributed by atoms with van der Waals surface area (Å²) in [7, 11) is 0. The SMILES string of the molecule is N#Cc1ccc(N2CC(c3nc(-c4ccc(O)cc4)no3)CC2=O)cc1. The number of phenols is 1. The first-order chi connectivity index (χ1) is 12.6. The summed E-state index contributed by atoms with van der Waals surface area (Å²) in [6.45, 7) is 0.446. The second kappa shape index (κ2) is 6.33. The van der Waals surface area contributed by atoms with E-state index in [2.05, 4.69) is 16.2 Å². The van der Waals surface area contributed by atoms with Crippen molar-refractivity contribution in [2.24, 2.45) is 0 Å². The average molecular weight is 346 g/mol. The predicted molar refractivity (Wildman–Crippen MR) is 92.3 cm³/mol. The molecule has 1 atom stereocenters. The molecular formula is C19H14N4O3. The molecule has 4 rings (SSSR count). The van der Waals surface area contributed by atoms with Crippen molar-refractivity contribution in [2.75, 3.05) is 11.4 Å². The number of nitrogens with zero attached hydrogens (tertiary/aromatic N) is 4. The van der Waals surface area contributed by atoms with Crippen LogP contribution in [0.2, 0.25) is 0 Å². The van der Waals surface area contributed by atoms with E-state index in [1.54, 1.807) is 53.4 Å². The van der Waals surface area contributed by atoms with Gasteiger partial charge in [-0.05, 0) is 48.5 Å². The van der Waals surface area contributed by atoms with Gasteiger partial charge in [-0.3, -0.25) is 4.79 Å². The highest BCUT2D eigenvalue weighted by Gasteiger charge is 2.35. The summed E-state index contributed by atoms with van der Waals surface area (Å²) in [5.41, 5.74) is 2.02. The zero-order valence-corrected chi connectivity index (χ0v) is 13.7. The van der Waals surface area contributed by atoms with Crippen molar-refractivity contribution >= 4 is 11.6 Å². The molecule has 7 nitrogen and oxygen atoms in total. The Balaban J connectivity index is 1.53. The molecule has 1 aromatic heterocycles. The lowest BCUT2D eigenvalue weighted by Crippen LogP contribution is -2.24. The smallest absolute Gasteiger partial charge is 0.232 e. The van der Waals surface area contributed by atoms with Crippen molar-refractivity contribution in [3.05, 3.63) is 60.0 Å². The second-order valence-corrected chi connectivity index (χ2v) is 6.07. The van der Waals surface area contributed by atoms with Crippen molar-refractivity contribution in [3.63, 3.8) is 0 Å². The molecule has 1 aliphatic rings. The fourth-order valence-electron chi connectivity index (χ4n) is 2.97. The highest BCUT2D eigenvalue weighted by molar-refractivity contribution is 5.96. The number of nitriles is 1. The molecule has 0 radical (unpaired) electrons. The van der Waals surface area contributed by atoms with Crippen LogP contribution in [0, 0.1) is 11.3 Å². The summed E-state index contributed by atoms with van der Waals surface area (Å²) >= 11 is 0. The first-order valence-corrected chi connectivity index (χ1v) is 8.07. The van der Waals surface area contributed by atoms with Gasteiger partial charge in [0, 0.05) is 24.2 Å². The van der Waals surface area contributed by atoms with Gasteiger partial charge in [-0.2, -0.15) is 10.2 Å². The molecule has 1 aliphatic heterocycles. The fraction of sp³-hybridized carbons (Fsp3) is 0.158. The Labute approximate surface area is 149 Å². The Morgan fingerprint density at radius 1 is 1.15 bits per heavy atom. The number of hydrogen-bond donors (Lipinski definition) is 1. The van der Waals surface area contributed by atoms with Crippen LogP contribution in [-0.4, -0.2) is 27.7 Å². The van der Waals surface area contributed by atoms with Crippen molar-refractivity contribution in [1.29, 1.82) is 5.26 Å². The minimum absolute atomic E-state index is 0.0240. The second-order valence-electron chi connectivity index (χ2n) is 6.07. The summed E-state index contributed by atoms with van der Waals surface area (Å²) in [5, 5.41) is 22.2. The minimum Gasteiger partial charge on any atom is -0.508 e. The van der Waals surface area contributed by atoms with Gasteiger partial charge < -0.3 is 14.5 Å². The summed E-state index contributed by atoms with van der Waals surface area (Å²) in [6.07, 6.45) is 0.289. The van der Waals surface area contributed by atoms with Crippen LogP contribution < -0.4 is 4.90 Å². The Morgan fingerprint density at radius 3 is 2.58 bits per heavy atom. The van der Waals surface area contributed by atoms with Gasteiger partial charge >= 0.3 is 0 Å². The molecule has 1 fully saturated rings. The van der Waals surface area contributed by atoms with Gasteiger partial charge in [0.05, 0.1) is 17.6 Å². The van der Waals surface area contributed by atoms with Crippen molar-refractivity contribution in [3.8, 4) is 23.2 Å². The van der Waals surface area contributed by atoms with Crippen LogP contribution in [0.25, 0.3) is 11.4 Å². The quantitative estimate of drug-likeness (QED) is 0.782. The molecule has 2 aromatic carbocycles. The molecule has 7 heteroatoms. The van der Waals surface area contributed by atoms with Crippen LogP contribution in [-0.2, 0) is 4.79 Å². The molecule has 0 aliphatic carbocycles. The van der Waals surface area contributed by atoms with Crippen LogP contribution >= 0.6 is 0 Å². The molecular weight excluding hydrogens is 332 g/mol.